The van der Waals surface area contributed by atoms with Gasteiger partial charge in [0.1, 0.15) is 0 Å². The maximum atomic E-state index is 4.07. The highest BCUT2D eigenvalue weighted by Crippen LogP contribution is 2.17. The minimum atomic E-state index is 0.301. The molecule has 2 rings (SSSR count). The lowest BCUT2D eigenvalue weighted by molar-refractivity contribution is 0.883. The predicted molar refractivity (Wildman–Crippen MR) is 62.7 cm³/mol. The van der Waals surface area contributed by atoms with Crippen LogP contribution in [0.3, 0.4) is 0 Å². The first-order chi connectivity index (χ1) is 7.36. The van der Waals surface area contributed by atoms with Gasteiger partial charge in [-0.15, -0.1) is 0 Å². The fraction of sp³-hybridized carbons (Fsp3) is 0.154. The van der Waals surface area contributed by atoms with Crippen LogP contribution in [0.2, 0.25) is 0 Å². The molecule has 0 aliphatic carbocycles. The number of anilines is 1. The van der Waals surface area contributed by atoms with Crippen molar-refractivity contribution in [2.45, 2.75) is 13.0 Å². The Morgan fingerprint density at radius 1 is 1.07 bits per heavy atom. The summed E-state index contributed by atoms with van der Waals surface area (Å²) in [5, 5.41) is 3.40. The van der Waals surface area contributed by atoms with Crippen LogP contribution >= 0.6 is 0 Å². The van der Waals surface area contributed by atoms with E-state index < -0.39 is 0 Å². The Bertz CT molecular complexity index is 397. The quantitative estimate of drug-likeness (QED) is 0.818. The Morgan fingerprint density at radius 2 is 1.87 bits per heavy atom. The molecule has 0 aliphatic rings. The summed E-state index contributed by atoms with van der Waals surface area (Å²) in [4.78, 5) is 4.07. The van der Waals surface area contributed by atoms with E-state index in [-0.39, 0.29) is 0 Å². The van der Waals surface area contributed by atoms with Crippen LogP contribution in [0.25, 0.3) is 0 Å². The number of benzene rings is 1. The van der Waals surface area contributed by atoms with Gasteiger partial charge in [0.15, 0.2) is 0 Å². The topological polar surface area (TPSA) is 24.9 Å². The summed E-state index contributed by atoms with van der Waals surface area (Å²) >= 11 is 0. The molecule has 1 heterocycles. The Morgan fingerprint density at radius 3 is 2.53 bits per heavy atom. The first-order valence-electron chi connectivity index (χ1n) is 5.08. The Labute approximate surface area is 90.0 Å². The van der Waals surface area contributed by atoms with Gasteiger partial charge in [0.05, 0.1) is 5.69 Å². The summed E-state index contributed by atoms with van der Waals surface area (Å²) in [6, 6.07) is 14.6. The molecular weight excluding hydrogens is 184 g/mol. The van der Waals surface area contributed by atoms with Crippen molar-refractivity contribution < 1.29 is 0 Å². The van der Waals surface area contributed by atoms with E-state index in [1.807, 2.05) is 24.4 Å². The second-order valence-electron chi connectivity index (χ2n) is 3.52. The van der Waals surface area contributed by atoms with Gasteiger partial charge in [0, 0.05) is 18.4 Å². The van der Waals surface area contributed by atoms with E-state index in [2.05, 4.69) is 41.5 Å². The van der Waals surface area contributed by atoms with Crippen molar-refractivity contribution in [3.63, 3.8) is 0 Å². The van der Waals surface area contributed by atoms with Crippen molar-refractivity contribution in [2.24, 2.45) is 0 Å². The van der Waals surface area contributed by atoms with Crippen molar-refractivity contribution in [2.75, 3.05) is 5.32 Å². The summed E-state index contributed by atoms with van der Waals surface area (Å²) in [5.41, 5.74) is 2.33. The van der Waals surface area contributed by atoms with E-state index in [1.165, 1.54) is 5.56 Å². The highest BCUT2D eigenvalue weighted by molar-refractivity contribution is 5.42. The minimum Gasteiger partial charge on any atom is -0.377 e. The molecule has 1 atom stereocenters. The molecule has 0 saturated heterocycles. The molecule has 1 aromatic carbocycles. The zero-order valence-electron chi connectivity index (χ0n) is 8.72. The average Bonchev–Trinajstić information content (AvgIpc) is 2.31. The minimum absolute atomic E-state index is 0.301. The van der Waals surface area contributed by atoms with Crippen LogP contribution in [0.4, 0.5) is 5.69 Å². The molecule has 1 unspecified atom stereocenters. The summed E-state index contributed by atoms with van der Waals surface area (Å²) in [6.07, 6.45) is 3.61. The standard InChI is InChI=1S/C13H14N2/c1-11(12-6-3-2-4-7-12)15-13-8-5-9-14-10-13/h2-11,15H,1H3. The van der Waals surface area contributed by atoms with Gasteiger partial charge in [-0.2, -0.15) is 0 Å². The lowest BCUT2D eigenvalue weighted by Crippen LogP contribution is -2.06. The van der Waals surface area contributed by atoms with Crippen LogP contribution in [-0.4, -0.2) is 4.98 Å². The molecule has 0 radical (unpaired) electrons. The van der Waals surface area contributed by atoms with E-state index in [0.29, 0.717) is 6.04 Å². The highest BCUT2D eigenvalue weighted by atomic mass is 14.9. The lowest BCUT2D eigenvalue weighted by atomic mass is 10.1. The molecule has 0 amide bonds. The number of nitrogens with one attached hydrogen (secondary N) is 1. The number of aromatic nitrogens is 1. The van der Waals surface area contributed by atoms with Crippen molar-refractivity contribution >= 4 is 5.69 Å². The van der Waals surface area contributed by atoms with Gasteiger partial charge in [0.2, 0.25) is 0 Å². The third-order valence-electron chi connectivity index (χ3n) is 2.34. The second-order valence-corrected chi connectivity index (χ2v) is 3.52. The normalized spacial score (nSPS) is 12.1. The third-order valence-corrected chi connectivity index (χ3v) is 2.34. The molecule has 1 N–H and O–H groups in total. The van der Waals surface area contributed by atoms with Crippen molar-refractivity contribution in [1.29, 1.82) is 0 Å². The van der Waals surface area contributed by atoms with Crippen LogP contribution in [0.15, 0.2) is 54.9 Å². The van der Waals surface area contributed by atoms with Crippen molar-refractivity contribution in [3.05, 3.63) is 60.4 Å². The third kappa shape index (κ3) is 2.56. The lowest BCUT2D eigenvalue weighted by Gasteiger charge is -2.14. The van der Waals surface area contributed by atoms with Gasteiger partial charge in [-0.05, 0) is 24.6 Å². The molecule has 0 bridgehead atoms. The molecule has 2 aromatic rings. The van der Waals surface area contributed by atoms with E-state index in [4.69, 9.17) is 0 Å². The fourth-order valence-electron chi connectivity index (χ4n) is 1.52. The summed E-state index contributed by atoms with van der Waals surface area (Å²) in [7, 11) is 0. The first-order valence-corrected chi connectivity index (χ1v) is 5.08. The van der Waals surface area contributed by atoms with E-state index in [1.54, 1.807) is 6.20 Å². The van der Waals surface area contributed by atoms with Crippen molar-refractivity contribution in [1.82, 2.24) is 4.98 Å². The molecular formula is C13H14N2. The van der Waals surface area contributed by atoms with E-state index in [0.717, 1.165) is 5.69 Å². The van der Waals surface area contributed by atoms with Crippen molar-refractivity contribution in [3.8, 4) is 0 Å². The number of rotatable bonds is 3. The van der Waals surface area contributed by atoms with E-state index in [9.17, 15) is 0 Å². The SMILES string of the molecule is CC(Nc1cccnc1)c1ccccc1. The van der Waals surface area contributed by atoms with Crippen LogP contribution in [0, 0.1) is 0 Å². The molecule has 0 aliphatic heterocycles. The number of hydrogen-bond acceptors (Lipinski definition) is 2. The molecule has 1 aromatic heterocycles. The molecule has 0 saturated carbocycles. The largest absolute Gasteiger partial charge is 0.377 e. The summed E-state index contributed by atoms with van der Waals surface area (Å²) in [6.45, 7) is 2.14. The Kier molecular flexibility index (Phi) is 2.98. The van der Waals surface area contributed by atoms with Gasteiger partial charge in [0.25, 0.3) is 0 Å². The van der Waals surface area contributed by atoms with Gasteiger partial charge in [-0.3, -0.25) is 4.98 Å². The average molecular weight is 198 g/mol. The van der Waals surface area contributed by atoms with Gasteiger partial charge in [-0.25, -0.2) is 0 Å². The number of nitrogens with zero attached hydrogens (tertiary/aromatic N) is 1. The summed E-state index contributed by atoms with van der Waals surface area (Å²) in [5.74, 6) is 0. The van der Waals surface area contributed by atoms with Crippen LogP contribution < -0.4 is 5.32 Å². The van der Waals surface area contributed by atoms with Gasteiger partial charge >= 0.3 is 0 Å². The first kappa shape index (κ1) is 9.71. The molecule has 15 heavy (non-hydrogen) atoms. The highest BCUT2D eigenvalue weighted by Gasteiger charge is 2.03. The Hall–Kier alpha value is -1.83. The molecule has 0 spiro atoms. The van der Waals surface area contributed by atoms with Crippen LogP contribution in [0.5, 0.6) is 0 Å². The molecule has 0 fully saturated rings. The zero-order valence-corrected chi connectivity index (χ0v) is 8.72. The second kappa shape index (κ2) is 4.60. The molecule has 76 valence electrons. The van der Waals surface area contributed by atoms with Gasteiger partial charge < -0.3 is 5.32 Å². The van der Waals surface area contributed by atoms with E-state index >= 15 is 0 Å². The number of hydrogen-bond donors (Lipinski definition) is 1. The van der Waals surface area contributed by atoms with Crippen LogP contribution in [-0.2, 0) is 0 Å². The zero-order chi connectivity index (χ0) is 10.5. The molecule has 2 heteroatoms. The maximum Gasteiger partial charge on any atom is 0.0531 e. The predicted octanol–water partition coefficient (Wildman–Crippen LogP) is 3.25. The summed E-state index contributed by atoms with van der Waals surface area (Å²) < 4.78 is 0. The number of pyridine rings is 1. The Balaban J connectivity index is 2.08. The van der Waals surface area contributed by atoms with Gasteiger partial charge in [-0.1, -0.05) is 30.3 Å². The maximum absolute atomic E-state index is 4.07. The molecule has 2 nitrogen and oxygen atoms in total. The smallest absolute Gasteiger partial charge is 0.0531 e. The fourth-order valence-corrected chi connectivity index (χ4v) is 1.52. The van der Waals surface area contributed by atoms with Crippen LogP contribution in [0.1, 0.15) is 18.5 Å². The monoisotopic (exact) mass is 198 g/mol.